The van der Waals surface area contributed by atoms with Crippen LogP contribution in [-0.4, -0.2) is 32.2 Å². The zero-order chi connectivity index (χ0) is 20.4. The highest BCUT2D eigenvalue weighted by Crippen LogP contribution is 2.22. The molecule has 2 rings (SSSR count). The summed E-state index contributed by atoms with van der Waals surface area (Å²) in [5.41, 5.74) is 4.46. The maximum absolute atomic E-state index is 12.6. The van der Waals surface area contributed by atoms with E-state index in [0.29, 0.717) is 5.02 Å². The molecule has 0 aliphatic rings. The molecule has 0 aliphatic carbocycles. The molecule has 0 aromatic heterocycles. The molecule has 0 unspecified atom stereocenters. The van der Waals surface area contributed by atoms with Crippen molar-refractivity contribution in [2.75, 3.05) is 13.6 Å². The number of carbonyl (C=O) groups is 1. The molecule has 1 atom stereocenters. The maximum atomic E-state index is 12.6. The molecule has 0 spiro atoms. The van der Waals surface area contributed by atoms with Crippen molar-refractivity contribution in [2.45, 2.75) is 38.6 Å². The summed E-state index contributed by atoms with van der Waals surface area (Å²) < 4.78 is 26.2. The number of halogens is 1. The standard InChI is InChI=1S/C20H25ClN2O3S/c1-13-10-15(3)19(11-14(13)2)16(4)22-20(24)12-23(5)27(25,26)18-8-6-17(21)7-9-18/h6-11,16H,12H2,1-5H3,(H,22,24)/t16-/m1/s1. The van der Waals surface area contributed by atoms with E-state index in [1.165, 1.54) is 36.9 Å². The van der Waals surface area contributed by atoms with Gasteiger partial charge in [-0.15, -0.1) is 0 Å². The molecule has 0 aliphatic heterocycles. The van der Waals surface area contributed by atoms with Crippen LogP contribution in [0.25, 0.3) is 0 Å². The summed E-state index contributed by atoms with van der Waals surface area (Å²) in [6.07, 6.45) is 0. The number of nitrogens with zero attached hydrogens (tertiary/aromatic N) is 1. The second-order valence-electron chi connectivity index (χ2n) is 6.80. The summed E-state index contributed by atoms with van der Waals surface area (Å²) >= 11 is 5.80. The summed E-state index contributed by atoms with van der Waals surface area (Å²) in [7, 11) is -2.37. The summed E-state index contributed by atoms with van der Waals surface area (Å²) in [4.78, 5) is 12.5. The molecule has 2 aromatic rings. The number of benzene rings is 2. The highest BCUT2D eigenvalue weighted by Gasteiger charge is 2.23. The van der Waals surface area contributed by atoms with Crippen molar-refractivity contribution >= 4 is 27.5 Å². The third-order valence-corrected chi connectivity index (χ3v) is 6.68. The number of hydrogen-bond donors (Lipinski definition) is 1. The van der Waals surface area contributed by atoms with Crippen LogP contribution in [0.3, 0.4) is 0 Å². The number of likely N-dealkylation sites (N-methyl/N-ethyl adjacent to an activating group) is 1. The van der Waals surface area contributed by atoms with Crippen LogP contribution in [0.4, 0.5) is 0 Å². The fraction of sp³-hybridized carbons (Fsp3) is 0.350. The van der Waals surface area contributed by atoms with Gasteiger partial charge >= 0.3 is 0 Å². The van der Waals surface area contributed by atoms with Gasteiger partial charge in [-0.25, -0.2) is 8.42 Å². The van der Waals surface area contributed by atoms with Gasteiger partial charge in [0.05, 0.1) is 17.5 Å². The molecule has 27 heavy (non-hydrogen) atoms. The molecule has 146 valence electrons. The van der Waals surface area contributed by atoms with Crippen LogP contribution in [0.5, 0.6) is 0 Å². The van der Waals surface area contributed by atoms with Crippen molar-refractivity contribution in [2.24, 2.45) is 0 Å². The van der Waals surface area contributed by atoms with Crippen molar-refractivity contribution in [3.8, 4) is 0 Å². The third-order valence-electron chi connectivity index (χ3n) is 4.61. The number of aryl methyl sites for hydroxylation is 3. The van der Waals surface area contributed by atoms with Crippen LogP contribution in [0, 0.1) is 20.8 Å². The normalized spacial score (nSPS) is 12.9. The van der Waals surface area contributed by atoms with Crippen LogP contribution in [0.1, 0.15) is 35.2 Å². The van der Waals surface area contributed by atoms with Gasteiger partial charge in [0, 0.05) is 12.1 Å². The van der Waals surface area contributed by atoms with Crippen molar-refractivity contribution in [3.63, 3.8) is 0 Å². The lowest BCUT2D eigenvalue weighted by atomic mass is 9.96. The quantitative estimate of drug-likeness (QED) is 0.791. The molecular formula is C20H25ClN2O3S. The van der Waals surface area contributed by atoms with Crippen molar-refractivity contribution in [3.05, 3.63) is 63.7 Å². The van der Waals surface area contributed by atoms with E-state index in [2.05, 4.69) is 17.4 Å². The number of sulfonamides is 1. The Morgan fingerprint density at radius 1 is 1.07 bits per heavy atom. The first-order valence-corrected chi connectivity index (χ1v) is 10.4. The van der Waals surface area contributed by atoms with Crippen LogP contribution in [-0.2, 0) is 14.8 Å². The number of hydrogen-bond acceptors (Lipinski definition) is 3. The lowest BCUT2D eigenvalue weighted by Crippen LogP contribution is -2.39. The second-order valence-corrected chi connectivity index (χ2v) is 9.28. The third kappa shape index (κ3) is 5.09. The van der Waals surface area contributed by atoms with Gasteiger partial charge in [-0.05, 0) is 74.2 Å². The Morgan fingerprint density at radius 2 is 1.63 bits per heavy atom. The van der Waals surface area contributed by atoms with Gasteiger partial charge in [-0.3, -0.25) is 4.79 Å². The molecule has 2 aromatic carbocycles. The smallest absolute Gasteiger partial charge is 0.243 e. The van der Waals surface area contributed by atoms with E-state index in [-0.39, 0.29) is 23.4 Å². The van der Waals surface area contributed by atoms with E-state index in [1.54, 1.807) is 0 Å². The van der Waals surface area contributed by atoms with Crippen LogP contribution < -0.4 is 5.32 Å². The first kappa shape index (κ1) is 21.4. The first-order valence-electron chi connectivity index (χ1n) is 8.61. The number of rotatable bonds is 6. The van der Waals surface area contributed by atoms with E-state index in [4.69, 9.17) is 11.6 Å². The van der Waals surface area contributed by atoms with Crippen LogP contribution in [0.2, 0.25) is 5.02 Å². The van der Waals surface area contributed by atoms with Gasteiger partial charge in [0.15, 0.2) is 0 Å². The monoisotopic (exact) mass is 408 g/mol. The van der Waals surface area contributed by atoms with Crippen LogP contribution >= 0.6 is 11.6 Å². The van der Waals surface area contributed by atoms with Gasteiger partial charge in [0.2, 0.25) is 15.9 Å². The average Bonchev–Trinajstić information content (AvgIpc) is 2.58. The van der Waals surface area contributed by atoms with E-state index in [9.17, 15) is 13.2 Å². The predicted octanol–water partition coefficient (Wildman–Crippen LogP) is 3.76. The molecule has 0 saturated carbocycles. The largest absolute Gasteiger partial charge is 0.348 e. The Kier molecular flexibility index (Phi) is 6.68. The highest BCUT2D eigenvalue weighted by molar-refractivity contribution is 7.89. The average molecular weight is 409 g/mol. The predicted molar refractivity (Wildman–Crippen MR) is 108 cm³/mol. The topological polar surface area (TPSA) is 66.5 Å². The van der Waals surface area contributed by atoms with E-state index in [1.807, 2.05) is 27.7 Å². The van der Waals surface area contributed by atoms with Gasteiger partial charge in [-0.1, -0.05) is 23.7 Å². The summed E-state index contributed by atoms with van der Waals surface area (Å²) in [5, 5.41) is 3.33. The minimum Gasteiger partial charge on any atom is -0.348 e. The van der Waals surface area contributed by atoms with Gasteiger partial charge in [-0.2, -0.15) is 4.31 Å². The highest BCUT2D eigenvalue weighted by atomic mass is 35.5. The fourth-order valence-electron chi connectivity index (χ4n) is 2.89. The van der Waals surface area contributed by atoms with Gasteiger partial charge in [0.1, 0.15) is 0 Å². The Morgan fingerprint density at radius 3 is 2.22 bits per heavy atom. The fourth-order valence-corrected chi connectivity index (χ4v) is 4.14. The summed E-state index contributed by atoms with van der Waals surface area (Å²) in [6, 6.07) is 9.79. The van der Waals surface area contributed by atoms with Crippen molar-refractivity contribution < 1.29 is 13.2 Å². The molecule has 0 saturated heterocycles. The zero-order valence-electron chi connectivity index (χ0n) is 16.2. The molecule has 1 N–H and O–H groups in total. The van der Waals surface area contributed by atoms with Crippen molar-refractivity contribution in [1.82, 2.24) is 9.62 Å². The Hall–Kier alpha value is -1.89. The minimum atomic E-state index is -3.76. The molecule has 0 radical (unpaired) electrons. The van der Waals surface area contributed by atoms with E-state index in [0.717, 1.165) is 21.0 Å². The lowest BCUT2D eigenvalue weighted by Gasteiger charge is -2.21. The summed E-state index contributed by atoms with van der Waals surface area (Å²) in [6.45, 7) is 7.70. The number of amides is 1. The number of carbonyl (C=O) groups excluding carboxylic acids is 1. The van der Waals surface area contributed by atoms with E-state index >= 15 is 0 Å². The molecular weight excluding hydrogens is 384 g/mol. The molecule has 0 bridgehead atoms. The molecule has 7 heteroatoms. The van der Waals surface area contributed by atoms with Gasteiger partial charge in [0.25, 0.3) is 0 Å². The second kappa shape index (κ2) is 8.42. The Bertz CT molecular complexity index is 940. The molecule has 1 amide bonds. The Labute approximate surface area is 166 Å². The Balaban J connectivity index is 2.08. The maximum Gasteiger partial charge on any atom is 0.243 e. The zero-order valence-corrected chi connectivity index (χ0v) is 17.8. The molecule has 0 heterocycles. The SMILES string of the molecule is Cc1cc(C)c([C@@H](C)NC(=O)CN(C)S(=O)(=O)c2ccc(Cl)cc2)cc1C. The van der Waals surface area contributed by atoms with Crippen molar-refractivity contribution in [1.29, 1.82) is 0 Å². The first-order chi connectivity index (χ1) is 12.5. The molecule has 0 fully saturated rings. The molecule has 5 nitrogen and oxygen atoms in total. The van der Waals surface area contributed by atoms with Gasteiger partial charge < -0.3 is 5.32 Å². The minimum absolute atomic E-state index is 0.0975. The number of nitrogens with one attached hydrogen (secondary N) is 1. The van der Waals surface area contributed by atoms with Crippen LogP contribution in [0.15, 0.2) is 41.3 Å². The summed E-state index contributed by atoms with van der Waals surface area (Å²) in [5.74, 6) is -0.361. The lowest BCUT2D eigenvalue weighted by molar-refractivity contribution is -0.121. The van der Waals surface area contributed by atoms with E-state index < -0.39 is 10.0 Å².